The Labute approximate surface area is 216 Å². The van der Waals surface area contributed by atoms with E-state index >= 15 is 0 Å². The lowest BCUT2D eigenvalue weighted by molar-refractivity contribution is -0.126. The van der Waals surface area contributed by atoms with Crippen molar-refractivity contribution in [2.45, 2.75) is 63.0 Å². The first kappa shape index (κ1) is 25.5. The Kier molecular flexibility index (Phi) is 7.13. The van der Waals surface area contributed by atoms with Gasteiger partial charge in [0, 0.05) is 42.7 Å². The van der Waals surface area contributed by atoms with E-state index in [1.54, 1.807) is 12.3 Å². The van der Waals surface area contributed by atoms with Crippen LogP contribution in [-0.2, 0) is 21.2 Å². The third kappa shape index (κ3) is 5.91. The first-order valence-electron chi connectivity index (χ1n) is 12.7. The molecular weight excluding hydrogens is 492 g/mol. The van der Waals surface area contributed by atoms with Gasteiger partial charge in [-0.15, -0.1) is 0 Å². The van der Waals surface area contributed by atoms with Gasteiger partial charge < -0.3 is 15.2 Å². The molecule has 5 rings (SSSR count). The number of nitrogens with one attached hydrogen (secondary N) is 1. The lowest BCUT2D eigenvalue weighted by Gasteiger charge is -2.32. The Morgan fingerprint density at radius 1 is 1.11 bits per heavy atom. The molecule has 3 unspecified atom stereocenters. The van der Waals surface area contributed by atoms with Crippen LogP contribution in [0.15, 0.2) is 42.6 Å². The zero-order valence-corrected chi connectivity index (χ0v) is 21.8. The SMILES string of the molecule is CC1CCC(C(=O)NCc2cc3nc(-c4cccc(OC5CC(O)C5)n4)ccc3cn2)CC1S(C)(=O)=O. The van der Waals surface area contributed by atoms with E-state index in [0.717, 1.165) is 17.3 Å². The van der Waals surface area contributed by atoms with Crippen LogP contribution in [0.3, 0.4) is 0 Å². The fraction of sp³-hybridized carbons (Fsp3) is 0.481. The third-order valence-electron chi connectivity index (χ3n) is 7.46. The summed E-state index contributed by atoms with van der Waals surface area (Å²) in [6.07, 6.45) is 5.68. The highest BCUT2D eigenvalue weighted by atomic mass is 32.2. The Morgan fingerprint density at radius 2 is 1.89 bits per heavy atom. The summed E-state index contributed by atoms with van der Waals surface area (Å²) in [6.45, 7) is 2.18. The molecule has 196 valence electrons. The van der Waals surface area contributed by atoms with Gasteiger partial charge in [-0.25, -0.2) is 18.4 Å². The van der Waals surface area contributed by atoms with Crippen LogP contribution in [-0.4, -0.2) is 58.1 Å². The molecule has 2 fully saturated rings. The number of carbonyl (C=O) groups is 1. The van der Waals surface area contributed by atoms with Crippen molar-refractivity contribution in [2.75, 3.05) is 6.26 Å². The number of aromatic nitrogens is 3. The normalized spacial score (nSPS) is 25.9. The number of pyridine rings is 3. The topological polar surface area (TPSA) is 131 Å². The number of hydrogen-bond donors (Lipinski definition) is 2. The van der Waals surface area contributed by atoms with Gasteiger partial charge in [0.25, 0.3) is 0 Å². The van der Waals surface area contributed by atoms with Crippen LogP contribution in [0.4, 0.5) is 0 Å². The van der Waals surface area contributed by atoms with E-state index in [1.165, 1.54) is 6.26 Å². The van der Waals surface area contributed by atoms with Gasteiger partial charge in [0.2, 0.25) is 11.8 Å². The van der Waals surface area contributed by atoms with Gasteiger partial charge in [0.15, 0.2) is 9.84 Å². The number of fused-ring (bicyclic) bond motifs is 1. The minimum Gasteiger partial charge on any atom is -0.474 e. The Balaban J connectivity index is 1.26. The van der Waals surface area contributed by atoms with E-state index in [0.29, 0.717) is 48.6 Å². The molecule has 2 N–H and O–H groups in total. The molecular formula is C27H32N4O5S. The van der Waals surface area contributed by atoms with Gasteiger partial charge >= 0.3 is 0 Å². The fourth-order valence-corrected chi connectivity index (χ4v) is 6.72. The number of rotatable bonds is 7. The van der Waals surface area contributed by atoms with Crippen molar-refractivity contribution in [3.05, 3.63) is 48.3 Å². The fourth-order valence-electron chi connectivity index (χ4n) is 5.16. The Hall–Kier alpha value is -3.11. The average Bonchev–Trinajstić information content (AvgIpc) is 2.85. The lowest BCUT2D eigenvalue weighted by atomic mass is 9.82. The number of aliphatic hydroxyl groups is 1. The van der Waals surface area contributed by atoms with Crippen LogP contribution >= 0.6 is 0 Å². The van der Waals surface area contributed by atoms with Gasteiger partial charge in [-0.3, -0.25) is 9.78 Å². The third-order valence-corrected chi connectivity index (χ3v) is 9.22. The summed E-state index contributed by atoms with van der Waals surface area (Å²) in [5.41, 5.74) is 2.77. The number of carbonyl (C=O) groups excluding carboxylic acids is 1. The van der Waals surface area contributed by atoms with Gasteiger partial charge in [0.1, 0.15) is 6.10 Å². The van der Waals surface area contributed by atoms with Crippen molar-refractivity contribution < 1.29 is 23.1 Å². The molecule has 2 saturated carbocycles. The van der Waals surface area contributed by atoms with E-state index in [-0.39, 0.29) is 36.5 Å². The molecule has 0 radical (unpaired) electrons. The van der Waals surface area contributed by atoms with Crippen molar-refractivity contribution in [1.82, 2.24) is 20.3 Å². The molecule has 1 amide bonds. The largest absolute Gasteiger partial charge is 0.474 e. The molecule has 2 aliphatic carbocycles. The summed E-state index contributed by atoms with van der Waals surface area (Å²) in [5, 5.41) is 12.8. The predicted octanol–water partition coefficient (Wildman–Crippen LogP) is 3.06. The highest BCUT2D eigenvalue weighted by Gasteiger charge is 2.37. The van der Waals surface area contributed by atoms with E-state index in [1.807, 2.05) is 37.3 Å². The van der Waals surface area contributed by atoms with Crippen LogP contribution < -0.4 is 10.1 Å². The first-order chi connectivity index (χ1) is 17.7. The summed E-state index contributed by atoms with van der Waals surface area (Å²) in [6, 6.07) is 11.2. The van der Waals surface area contributed by atoms with E-state index in [2.05, 4.69) is 15.3 Å². The molecule has 10 heteroatoms. The van der Waals surface area contributed by atoms with Crippen LogP contribution in [0.2, 0.25) is 0 Å². The maximum atomic E-state index is 12.8. The van der Waals surface area contributed by atoms with Crippen LogP contribution in [0.1, 0.15) is 44.7 Å². The zero-order chi connectivity index (χ0) is 26.2. The van der Waals surface area contributed by atoms with E-state index in [9.17, 15) is 18.3 Å². The molecule has 3 aromatic heterocycles. The van der Waals surface area contributed by atoms with Crippen LogP contribution in [0, 0.1) is 11.8 Å². The molecule has 0 saturated heterocycles. The van der Waals surface area contributed by atoms with Crippen molar-refractivity contribution in [1.29, 1.82) is 0 Å². The second-order valence-corrected chi connectivity index (χ2v) is 12.6. The van der Waals surface area contributed by atoms with Gasteiger partial charge in [-0.05, 0) is 49.4 Å². The number of amides is 1. The molecule has 3 aromatic rings. The summed E-state index contributed by atoms with van der Waals surface area (Å²) < 4.78 is 30.1. The highest BCUT2D eigenvalue weighted by molar-refractivity contribution is 7.91. The smallest absolute Gasteiger partial charge is 0.223 e. The molecule has 0 spiro atoms. The van der Waals surface area contributed by atoms with Crippen molar-refractivity contribution in [3.63, 3.8) is 0 Å². The van der Waals surface area contributed by atoms with Gasteiger partial charge in [-0.1, -0.05) is 13.0 Å². The molecule has 0 aliphatic heterocycles. The maximum absolute atomic E-state index is 12.8. The molecule has 0 bridgehead atoms. The quantitative estimate of drug-likeness (QED) is 0.482. The monoisotopic (exact) mass is 524 g/mol. The second kappa shape index (κ2) is 10.3. The molecule has 2 aliphatic rings. The molecule has 3 atom stereocenters. The van der Waals surface area contributed by atoms with Gasteiger partial charge in [-0.2, -0.15) is 0 Å². The number of nitrogens with zero attached hydrogens (tertiary/aromatic N) is 3. The van der Waals surface area contributed by atoms with Gasteiger partial charge in [0.05, 0.1) is 40.5 Å². The van der Waals surface area contributed by atoms with E-state index in [4.69, 9.17) is 9.72 Å². The maximum Gasteiger partial charge on any atom is 0.223 e. The molecule has 0 aromatic carbocycles. The number of ether oxygens (including phenoxy) is 1. The highest BCUT2D eigenvalue weighted by Crippen LogP contribution is 2.33. The number of sulfone groups is 1. The number of hydrogen-bond acceptors (Lipinski definition) is 8. The summed E-state index contributed by atoms with van der Waals surface area (Å²) in [4.78, 5) is 26.6. The minimum atomic E-state index is -3.19. The minimum absolute atomic E-state index is 0.0135. The standard InChI is InChI=1S/C27H32N4O5S/c1-16-6-7-17(10-25(16)37(2,34)35)27(33)29-15-19-11-24-18(14-28-19)8-9-23(30-24)22-4-3-5-26(31-22)36-21-12-20(32)13-21/h3-5,8-9,11,14,16-17,20-21,25,32H,6-7,10,12-13,15H2,1-2H3,(H,29,33). The average molecular weight is 525 g/mol. The predicted molar refractivity (Wildman–Crippen MR) is 139 cm³/mol. The second-order valence-electron chi connectivity index (χ2n) is 10.4. The summed E-state index contributed by atoms with van der Waals surface area (Å²) in [7, 11) is -3.19. The Bertz CT molecular complexity index is 1410. The molecule has 9 nitrogen and oxygen atoms in total. The Morgan fingerprint density at radius 3 is 2.65 bits per heavy atom. The van der Waals surface area contributed by atoms with Crippen molar-refractivity contribution >= 4 is 26.6 Å². The summed E-state index contributed by atoms with van der Waals surface area (Å²) in [5.74, 6) is 0.119. The zero-order valence-electron chi connectivity index (χ0n) is 21.0. The summed E-state index contributed by atoms with van der Waals surface area (Å²) >= 11 is 0. The number of aliphatic hydroxyl groups excluding tert-OH is 1. The van der Waals surface area contributed by atoms with Crippen molar-refractivity contribution in [2.24, 2.45) is 11.8 Å². The lowest BCUT2D eigenvalue weighted by Crippen LogP contribution is -2.40. The van der Waals surface area contributed by atoms with E-state index < -0.39 is 15.1 Å². The molecule has 37 heavy (non-hydrogen) atoms. The van der Waals surface area contributed by atoms with Crippen LogP contribution in [0.5, 0.6) is 5.88 Å². The van der Waals surface area contributed by atoms with Crippen molar-refractivity contribution in [3.8, 4) is 17.3 Å². The first-order valence-corrected chi connectivity index (χ1v) is 14.7. The molecule has 3 heterocycles. The van der Waals surface area contributed by atoms with Crippen LogP contribution in [0.25, 0.3) is 22.3 Å².